The number of hydrogen-bond donors (Lipinski definition) is 0. The first-order chi connectivity index (χ1) is 7.92. The fraction of sp³-hybridized carbons (Fsp3) is 1.00. The van der Waals surface area contributed by atoms with Crippen molar-refractivity contribution in [1.29, 1.82) is 0 Å². The van der Waals surface area contributed by atoms with Gasteiger partial charge in [-0.15, -0.1) is 0 Å². The summed E-state index contributed by atoms with van der Waals surface area (Å²) in [6.07, 6.45) is 15.4. The molecule has 0 spiro atoms. The minimum Gasteiger partial charge on any atom is -0.0654 e. The quantitative estimate of drug-likeness (QED) is 0.612. The smallest absolute Gasteiger partial charge is 0.0324 e. The van der Waals surface area contributed by atoms with Gasteiger partial charge in [0.25, 0.3) is 0 Å². The van der Waals surface area contributed by atoms with Gasteiger partial charge < -0.3 is 0 Å². The Morgan fingerprint density at radius 3 is 2.19 bits per heavy atom. The lowest BCUT2D eigenvalue weighted by Crippen LogP contribution is -2.46. The summed E-state index contributed by atoms with van der Waals surface area (Å²) < 4.78 is 0. The van der Waals surface area contributed by atoms with E-state index in [-0.39, 0.29) is 0 Å². The summed E-state index contributed by atoms with van der Waals surface area (Å²) in [5.74, 6) is 5.84. The Labute approximate surface area is 101 Å². The Morgan fingerprint density at radius 1 is 0.750 bits per heavy atom. The van der Waals surface area contributed by atoms with Crippen LogP contribution in [-0.2, 0) is 0 Å². The molecule has 0 N–H and O–H groups in total. The summed E-state index contributed by atoms with van der Waals surface area (Å²) in [5.41, 5.74) is 0. The van der Waals surface area contributed by atoms with Crippen LogP contribution in [0.1, 0.15) is 71.1 Å². The molecule has 0 heteroatoms. The van der Waals surface area contributed by atoms with Crippen LogP contribution in [0.4, 0.5) is 0 Å². The van der Waals surface area contributed by atoms with E-state index >= 15 is 0 Å². The van der Waals surface area contributed by atoms with Crippen molar-refractivity contribution in [1.82, 2.24) is 0 Å². The minimum atomic E-state index is 1.13. The number of fused-ring (bicyclic) bond motifs is 4. The molecule has 16 heavy (non-hydrogen) atoms. The van der Waals surface area contributed by atoms with Gasteiger partial charge >= 0.3 is 0 Å². The average Bonchev–Trinajstić information content (AvgIpc) is 2.58. The second-order valence-electron chi connectivity index (χ2n) is 6.69. The van der Waals surface area contributed by atoms with Gasteiger partial charge in [0.05, 0.1) is 0 Å². The molecule has 0 heterocycles. The second kappa shape index (κ2) is 4.70. The van der Waals surface area contributed by atoms with Crippen molar-refractivity contribution in [3.05, 3.63) is 0 Å². The Balaban J connectivity index is 1.66. The average molecular weight is 220 g/mol. The highest BCUT2D eigenvalue weighted by Gasteiger charge is 2.54. The molecular formula is C16H28. The molecular weight excluding hydrogens is 192 g/mol. The summed E-state index contributed by atoms with van der Waals surface area (Å²) in [6.45, 7) is 2.38. The first-order valence-corrected chi connectivity index (χ1v) is 7.92. The van der Waals surface area contributed by atoms with Crippen molar-refractivity contribution in [2.24, 2.45) is 29.6 Å². The Morgan fingerprint density at radius 2 is 1.44 bits per heavy atom. The molecule has 3 aliphatic rings. The van der Waals surface area contributed by atoms with E-state index in [4.69, 9.17) is 0 Å². The van der Waals surface area contributed by atoms with E-state index in [2.05, 4.69) is 6.92 Å². The predicted molar refractivity (Wildman–Crippen MR) is 69.3 cm³/mol. The van der Waals surface area contributed by atoms with Crippen LogP contribution in [0.25, 0.3) is 0 Å². The third kappa shape index (κ3) is 1.73. The minimum absolute atomic E-state index is 1.13. The largest absolute Gasteiger partial charge is 0.0654 e. The lowest BCUT2D eigenvalue weighted by atomic mass is 9.52. The van der Waals surface area contributed by atoms with Crippen molar-refractivity contribution in [2.45, 2.75) is 71.1 Å². The molecule has 0 aromatic rings. The highest BCUT2D eigenvalue weighted by atomic mass is 14.6. The van der Waals surface area contributed by atoms with Crippen LogP contribution in [0.15, 0.2) is 0 Å². The van der Waals surface area contributed by atoms with Crippen LogP contribution in [0.3, 0.4) is 0 Å². The molecule has 92 valence electrons. The molecule has 3 aliphatic carbocycles. The van der Waals surface area contributed by atoms with E-state index in [1.54, 1.807) is 38.5 Å². The monoisotopic (exact) mass is 220 g/mol. The SMILES string of the molecule is CCCC1CCC2C3CCCCCCC3C12. The molecule has 5 atom stereocenters. The zero-order valence-corrected chi connectivity index (χ0v) is 11.0. The molecule has 0 nitrogen and oxygen atoms in total. The van der Waals surface area contributed by atoms with Crippen molar-refractivity contribution < 1.29 is 0 Å². The van der Waals surface area contributed by atoms with E-state index in [0.717, 1.165) is 5.92 Å². The van der Waals surface area contributed by atoms with Gasteiger partial charge in [0.1, 0.15) is 0 Å². The summed E-state index contributed by atoms with van der Waals surface area (Å²) in [5, 5.41) is 0. The standard InChI is InChI=1S/C16H28/c1-2-7-12-10-11-15-13-8-5-3-4-6-9-14(13)16(12)15/h12-16H,2-11H2,1H3. The van der Waals surface area contributed by atoms with Gasteiger partial charge in [0, 0.05) is 0 Å². The molecule has 0 aliphatic heterocycles. The second-order valence-corrected chi connectivity index (χ2v) is 6.69. The normalized spacial score (nSPS) is 47.4. The van der Waals surface area contributed by atoms with Gasteiger partial charge in [-0.2, -0.15) is 0 Å². The Hall–Kier alpha value is 0. The third-order valence-corrected chi connectivity index (χ3v) is 5.99. The van der Waals surface area contributed by atoms with E-state index < -0.39 is 0 Å². The maximum absolute atomic E-state index is 2.38. The van der Waals surface area contributed by atoms with E-state index in [1.165, 1.54) is 49.4 Å². The van der Waals surface area contributed by atoms with Gasteiger partial charge in [-0.3, -0.25) is 0 Å². The zero-order valence-electron chi connectivity index (χ0n) is 11.0. The number of rotatable bonds is 2. The molecule has 0 aromatic heterocycles. The van der Waals surface area contributed by atoms with E-state index in [9.17, 15) is 0 Å². The van der Waals surface area contributed by atoms with Gasteiger partial charge in [-0.25, -0.2) is 0 Å². The molecule has 3 rings (SSSR count). The van der Waals surface area contributed by atoms with Crippen LogP contribution in [-0.4, -0.2) is 0 Å². The van der Waals surface area contributed by atoms with E-state index in [1.807, 2.05) is 0 Å². The van der Waals surface area contributed by atoms with Crippen LogP contribution in [0.5, 0.6) is 0 Å². The van der Waals surface area contributed by atoms with Crippen molar-refractivity contribution in [2.75, 3.05) is 0 Å². The molecule has 0 bridgehead atoms. The maximum Gasteiger partial charge on any atom is -0.0324 e. The maximum atomic E-state index is 2.38. The lowest BCUT2D eigenvalue weighted by Gasteiger charge is -2.52. The van der Waals surface area contributed by atoms with Crippen LogP contribution in [0.2, 0.25) is 0 Å². The fourth-order valence-corrected chi connectivity index (χ4v) is 5.42. The Bertz CT molecular complexity index is 232. The zero-order chi connectivity index (χ0) is 11.0. The first-order valence-electron chi connectivity index (χ1n) is 7.92. The summed E-state index contributed by atoms with van der Waals surface area (Å²) in [6, 6.07) is 0. The summed E-state index contributed by atoms with van der Waals surface area (Å²) in [7, 11) is 0. The molecule has 3 saturated carbocycles. The van der Waals surface area contributed by atoms with Gasteiger partial charge in [0.2, 0.25) is 0 Å². The first kappa shape index (κ1) is 11.1. The topological polar surface area (TPSA) is 0 Å². The third-order valence-electron chi connectivity index (χ3n) is 5.99. The van der Waals surface area contributed by atoms with Crippen LogP contribution in [0, 0.1) is 29.6 Å². The van der Waals surface area contributed by atoms with Crippen molar-refractivity contribution >= 4 is 0 Å². The molecule has 3 fully saturated rings. The molecule has 0 aromatic carbocycles. The molecule has 0 radical (unpaired) electrons. The number of hydrogen-bond acceptors (Lipinski definition) is 0. The van der Waals surface area contributed by atoms with Gasteiger partial charge in [-0.05, 0) is 55.3 Å². The van der Waals surface area contributed by atoms with E-state index in [0.29, 0.717) is 0 Å². The lowest BCUT2D eigenvalue weighted by molar-refractivity contribution is -0.0403. The van der Waals surface area contributed by atoms with Gasteiger partial charge in [-0.1, -0.05) is 45.4 Å². The van der Waals surface area contributed by atoms with Crippen LogP contribution >= 0.6 is 0 Å². The molecule has 0 amide bonds. The highest BCUT2D eigenvalue weighted by Crippen LogP contribution is 2.62. The van der Waals surface area contributed by atoms with Crippen molar-refractivity contribution in [3.8, 4) is 0 Å². The summed E-state index contributed by atoms with van der Waals surface area (Å²) >= 11 is 0. The van der Waals surface area contributed by atoms with Crippen molar-refractivity contribution in [3.63, 3.8) is 0 Å². The summed E-state index contributed by atoms with van der Waals surface area (Å²) in [4.78, 5) is 0. The Kier molecular flexibility index (Phi) is 3.27. The fourth-order valence-electron chi connectivity index (χ4n) is 5.42. The molecule has 0 saturated heterocycles. The predicted octanol–water partition coefficient (Wildman–Crippen LogP) is 5.03. The van der Waals surface area contributed by atoms with Gasteiger partial charge in [0.15, 0.2) is 0 Å². The molecule has 5 unspecified atom stereocenters. The van der Waals surface area contributed by atoms with Crippen LogP contribution < -0.4 is 0 Å². The highest BCUT2D eigenvalue weighted by molar-refractivity contribution is 5.03.